The van der Waals surface area contributed by atoms with Crippen molar-refractivity contribution in [1.82, 2.24) is 4.57 Å². The summed E-state index contributed by atoms with van der Waals surface area (Å²) >= 11 is 1.33. The van der Waals surface area contributed by atoms with Crippen LogP contribution < -0.4 is 4.80 Å². The largest absolute Gasteiger partial charge is 0.314 e. The highest BCUT2D eigenvalue weighted by molar-refractivity contribution is 7.16. The van der Waals surface area contributed by atoms with Crippen LogP contribution in [0.5, 0.6) is 0 Å². The third-order valence-electron chi connectivity index (χ3n) is 3.92. The van der Waals surface area contributed by atoms with Crippen LogP contribution in [0, 0.1) is 19.7 Å². The number of rotatable bonds is 2. The number of thiazole rings is 1. The Labute approximate surface area is 137 Å². The van der Waals surface area contributed by atoms with Gasteiger partial charge in [-0.1, -0.05) is 23.5 Å². The zero-order valence-electron chi connectivity index (χ0n) is 13.3. The number of aromatic nitrogens is 1. The second-order valence-corrected chi connectivity index (χ2v) is 6.44. The average molecular weight is 328 g/mol. The summed E-state index contributed by atoms with van der Waals surface area (Å²) in [5.74, 6) is -0.594. The number of benzene rings is 2. The maximum absolute atomic E-state index is 14.1. The summed E-state index contributed by atoms with van der Waals surface area (Å²) < 4.78 is 16.6. The Hall–Kier alpha value is -2.27. The number of hydrogen-bond acceptors (Lipinski definition) is 2. The zero-order chi connectivity index (χ0) is 16.6. The molecule has 1 heterocycles. The Morgan fingerprint density at radius 1 is 1.22 bits per heavy atom. The van der Waals surface area contributed by atoms with E-state index in [4.69, 9.17) is 0 Å². The van der Waals surface area contributed by atoms with E-state index in [1.807, 2.05) is 39.0 Å². The SMILES string of the molecule is CCn1c(=NC(=O)c2ccc(C)c(C)c2)sc2cccc(F)c21. The number of carbonyl (C=O) groups excluding carboxylic acids is 1. The van der Waals surface area contributed by atoms with Crippen molar-refractivity contribution in [3.8, 4) is 0 Å². The summed E-state index contributed by atoms with van der Waals surface area (Å²) in [7, 11) is 0. The number of aryl methyl sites for hydroxylation is 3. The fraction of sp³-hybridized carbons (Fsp3) is 0.222. The molecule has 0 unspecified atom stereocenters. The minimum Gasteiger partial charge on any atom is -0.314 e. The third-order valence-corrected chi connectivity index (χ3v) is 4.96. The fourth-order valence-electron chi connectivity index (χ4n) is 2.49. The quantitative estimate of drug-likeness (QED) is 0.693. The van der Waals surface area contributed by atoms with Gasteiger partial charge in [-0.3, -0.25) is 4.79 Å². The van der Waals surface area contributed by atoms with E-state index in [2.05, 4.69) is 4.99 Å². The van der Waals surface area contributed by atoms with Crippen LogP contribution in [0.1, 0.15) is 28.4 Å². The lowest BCUT2D eigenvalue weighted by Crippen LogP contribution is -2.16. The molecule has 0 bridgehead atoms. The first-order chi connectivity index (χ1) is 11.0. The summed E-state index contributed by atoms with van der Waals surface area (Å²) in [5.41, 5.74) is 3.24. The Morgan fingerprint density at radius 3 is 2.70 bits per heavy atom. The van der Waals surface area contributed by atoms with E-state index in [1.54, 1.807) is 16.7 Å². The molecule has 0 fully saturated rings. The monoisotopic (exact) mass is 328 g/mol. The molecule has 3 rings (SSSR count). The van der Waals surface area contributed by atoms with E-state index in [0.29, 0.717) is 22.4 Å². The van der Waals surface area contributed by atoms with Crippen molar-refractivity contribution in [2.75, 3.05) is 0 Å². The number of nitrogens with zero attached hydrogens (tertiary/aromatic N) is 2. The van der Waals surface area contributed by atoms with Gasteiger partial charge in [-0.15, -0.1) is 0 Å². The molecule has 3 nitrogen and oxygen atoms in total. The number of carbonyl (C=O) groups is 1. The van der Waals surface area contributed by atoms with Gasteiger partial charge in [-0.25, -0.2) is 4.39 Å². The van der Waals surface area contributed by atoms with Gasteiger partial charge in [0.15, 0.2) is 4.80 Å². The lowest BCUT2D eigenvalue weighted by atomic mass is 10.1. The highest BCUT2D eigenvalue weighted by Crippen LogP contribution is 2.20. The maximum Gasteiger partial charge on any atom is 0.279 e. The molecule has 1 amide bonds. The van der Waals surface area contributed by atoms with Crippen LogP contribution in [-0.2, 0) is 6.54 Å². The van der Waals surface area contributed by atoms with Crippen molar-refractivity contribution in [3.63, 3.8) is 0 Å². The van der Waals surface area contributed by atoms with E-state index < -0.39 is 0 Å². The normalized spacial score (nSPS) is 12.1. The summed E-state index contributed by atoms with van der Waals surface area (Å²) in [6, 6.07) is 10.5. The number of hydrogen-bond donors (Lipinski definition) is 0. The maximum atomic E-state index is 14.1. The molecule has 0 atom stereocenters. The number of fused-ring (bicyclic) bond motifs is 1. The van der Waals surface area contributed by atoms with Gasteiger partial charge in [0.25, 0.3) is 5.91 Å². The zero-order valence-corrected chi connectivity index (χ0v) is 14.1. The Kier molecular flexibility index (Phi) is 4.13. The lowest BCUT2D eigenvalue weighted by molar-refractivity contribution is 0.0997. The second-order valence-electron chi connectivity index (χ2n) is 5.43. The van der Waals surface area contributed by atoms with Crippen LogP contribution in [0.25, 0.3) is 10.2 Å². The Balaban J connectivity index is 2.15. The lowest BCUT2D eigenvalue weighted by Gasteiger charge is -2.02. The Morgan fingerprint density at radius 2 is 2.00 bits per heavy atom. The van der Waals surface area contributed by atoms with Gasteiger partial charge in [0.2, 0.25) is 0 Å². The predicted octanol–water partition coefficient (Wildman–Crippen LogP) is 4.22. The molecule has 0 aliphatic carbocycles. The highest BCUT2D eigenvalue weighted by Gasteiger charge is 2.11. The van der Waals surface area contributed by atoms with Gasteiger partial charge >= 0.3 is 0 Å². The summed E-state index contributed by atoms with van der Waals surface area (Å²) in [4.78, 5) is 17.2. The van der Waals surface area contributed by atoms with Gasteiger partial charge in [0.05, 0.1) is 10.2 Å². The van der Waals surface area contributed by atoms with Gasteiger partial charge < -0.3 is 4.57 Å². The van der Waals surface area contributed by atoms with Crippen LogP contribution in [0.2, 0.25) is 0 Å². The minimum absolute atomic E-state index is 0.291. The first-order valence-corrected chi connectivity index (χ1v) is 8.27. The average Bonchev–Trinajstić information content (AvgIpc) is 2.88. The topological polar surface area (TPSA) is 34.4 Å². The van der Waals surface area contributed by atoms with E-state index >= 15 is 0 Å². The van der Waals surface area contributed by atoms with Crippen LogP contribution in [0.3, 0.4) is 0 Å². The summed E-state index contributed by atoms with van der Waals surface area (Å²) in [6.07, 6.45) is 0. The van der Waals surface area contributed by atoms with E-state index in [0.717, 1.165) is 15.8 Å². The molecule has 2 aromatic carbocycles. The van der Waals surface area contributed by atoms with Crippen molar-refractivity contribution >= 4 is 27.5 Å². The van der Waals surface area contributed by atoms with Crippen molar-refractivity contribution in [2.45, 2.75) is 27.3 Å². The summed E-state index contributed by atoms with van der Waals surface area (Å²) in [6.45, 7) is 6.44. The van der Waals surface area contributed by atoms with Crippen LogP contribution in [0.4, 0.5) is 4.39 Å². The molecule has 0 aliphatic rings. The first-order valence-electron chi connectivity index (χ1n) is 7.45. The predicted molar refractivity (Wildman–Crippen MR) is 91.3 cm³/mol. The van der Waals surface area contributed by atoms with Gasteiger partial charge in [0, 0.05) is 12.1 Å². The molecular formula is C18H17FN2OS. The smallest absolute Gasteiger partial charge is 0.279 e. The van der Waals surface area contributed by atoms with Crippen LogP contribution in [-0.4, -0.2) is 10.5 Å². The molecule has 3 aromatic rings. The molecule has 0 spiro atoms. The van der Waals surface area contributed by atoms with Crippen LogP contribution in [0.15, 0.2) is 41.4 Å². The Bertz CT molecular complexity index is 969. The molecule has 0 aliphatic heterocycles. The minimum atomic E-state index is -0.303. The molecule has 1 aromatic heterocycles. The molecule has 0 saturated carbocycles. The van der Waals surface area contributed by atoms with E-state index in [9.17, 15) is 9.18 Å². The van der Waals surface area contributed by atoms with Gasteiger partial charge in [0.1, 0.15) is 5.82 Å². The molecular weight excluding hydrogens is 311 g/mol. The van der Waals surface area contributed by atoms with E-state index in [1.165, 1.54) is 17.4 Å². The molecule has 23 heavy (non-hydrogen) atoms. The van der Waals surface area contributed by atoms with Gasteiger partial charge in [-0.2, -0.15) is 4.99 Å². The number of para-hydroxylation sites is 1. The summed E-state index contributed by atoms with van der Waals surface area (Å²) in [5, 5.41) is 0. The van der Waals surface area contributed by atoms with Crippen LogP contribution >= 0.6 is 11.3 Å². The van der Waals surface area contributed by atoms with Gasteiger partial charge in [-0.05, 0) is 56.2 Å². The van der Waals surface area contributed by atoms with Crippen molar-refractivity contribution in [3.05, 3.63) is 63.7 Å². The third kappa shape index (κ3) is 2.84. The van der Waals surface area contributed by atoms with Crippen molar-refractivity contribution in [1.29, 1.82) is 0 Å². The van der Waals surface area contributed by atoms with Crippen molar-refractivity contribution in [2.24, 2.45) is 4.99 Å². The molecule has 0 radical (unpaired) electrons. The molecule has 5 heteroatoms. The molecule has 0 N–H and O–H groups in total. The first kappa shape index (κ1) is 15.6. The van der Waals surface area contributed by atoms with E-state index in [-0.39, 0.29) is 11.7 Å². The fourth-order valence-corrected chi connectivity index (χ4v) is 3.60. The molecule has 118 valence electrons. The standard InChI is InChI=1S/C18H17FN2OS/c1-4-21-16-14(19)6-5-7-15(16)23-18(21)20-17(22)13-9-8-11(2)12(3)10-13/h5-10H,4H2,1-3H3. The number of amides is 1. The second kappa shape index (κ2) is 6.08. The highest BCUT2D eigenvalue weighted by atomic mass is 32.1. The number of halogens is 1. The van der Waals surface area contributed by atoms with Crippen molar-refractivity contribution < 1.29 is 9.18 Å². The molecule has 0 saturated heterocycles.